The maximum absolute atomic E-state index is 12.5. The summed E-state index contributed by atoms with van der Waals surface area (Å²) in [4.78, 5) is 47.8. The van der Waals surface area contributed by atoms with Gasteiger partial charge in [0.2, 0.25) is 5.95 Å². The van der Waals surface area contributed by atoms with Crippen LogP contribution in [0.5, 0.6) is 0 Å². The number of carbonyl (C=O) groups excluding carboxylic acids is 2. The smallest absolute Gasteiger partial charge is 0.323 e. The number of imidazole rings is 1. The van der Waals surface area contributed by atoms with Gasteiger partial charge in [0.05, 0.1) is 19.5 Å². The van der Waals surface area contributed by atoms with Crippen molar-refractivity contribution in [3.8, 4) is 0 Å². The number of fused-ring (bicyclic) bond motifs is 1. The van der Waals surface area contributed by atoms with Crippen LogP contribution in [0.3, 0.4) is 0 Å². The third kappa shape index (κ3) is 16.1. The van der Waals surface area contributed by atoms with E-state index in [0.29, 0.717) is 25.0 Å². The van der Waals surface area contributed by atoms with Gasteiger partial charge in [-0.1, -0.05) is 124 Å². The number of hydrogen-bond acceptors (Lipinski definition) is 9. The number of aromatic amines is 1. The summed E-state index contributed by atoms with van der Waals surface area (Å²) in [5.74, 6) is -0.946. The van der Waals surface area contributed by atoms with Crippen molar-refractivity contribution in [2.24, 2.45) is 17.6 Å². The molecule has 2 atom stereocenters. The molecule has 11 nitrogen and oxygen atoms in total. The molecule has 0 aliphatic rings. The number of anilines is 1. The fraction of sp³-hybridized carbons (Fsp3) is 0.800. The summed E-state index contributed by atoms with van der Waals surface area (Å²) in [5.41, 5.74) is 11.7. The van der Waals surface area contributed by atoms with Crippen molar-refractivity contribution < 1.29 is 19.1 Å². The van der Waals surface area contributed by atoms with Crippen molar-refractivity contribution in [3.05, 3.63) is 16.7 Å². The molecular formula is C35H62N6O5. The van der Waals surface area contributed by atoms with E-state index < -0.39 is 17.6 Å². The van der Waals surface area contributed by atoms with Crippen LogP contribution in [-0.4, -0.2) is 50.7 Å². The number of esters is 2. The summed E-state index contributed by atoms with van der Waals surface area (Å²) in [6, 6.07) is -0.697. The molecule has 0 aliphatic carbocycles. The second kappa shape index (κ2) is 23.4. The van der Waals surface area contributed by atoms with Gasteiger partial charge in [-0.3, -0.25) is 19.4 Å². The number of aromatic nitrogens is 4. The molecule has 46 heavy (non-hydrogen) atoms. The van der Waals surface area contributed by atoms with E-state index in [-0.39, 0.29) is 42.5 Å². The molecule has 0 spiro atoms. The van der Waals surface area contributed by atoms with Gasteiger partial charge in [0.1, 0.15) is 6.04 Å². The van der Waals surface area contributed by atoms with Gasteiger partial charge in [-0.05, 0) is 18.8 Å². The van der Waals surface area contributed by atoms with Crippen molar-refractivity contribution in [2.75, 3.05) is 18.9 Å². The molecule has 0 radical (unpaired) electrons. The van der Waals surface area contributed by atoms with E-state index in [4.69, 9.17) is 20.9 Å². The number of hydrogen-bond donors (Lipinski definition) is 3. The topological polar surface area (TPSA) is 168 Å². The highest BCUT2D eigenvalue weighted by atomic mass is 16.5. The third-order valence-corrected chi connectivity index (χ3v) is 8.67. The Morgan fingerprint density at radius 2 is 1.41 bits per heavy atom. The minimum absolute atomic E-state index is 0.00656. The van der Waals surface area contributed by atoms with E-state index in [1.807, 2.05) is 13.8 Å². The normalized spacial score (nSPS) is 12.9. The van der Waals surface area contributed by atoms with Crippen LogP contribution in [0.15, 0.2) is 11.1 Å². The average molecular weight is 647 g/mol. The van der Waals surface area contributed by atoms with Gasteiger partial charge in [0.25, 0.3) is 5.56 Å². The first-order valence-corrected chi connectivity index (χ1v) is 18.0. The number of nitrogens with two attached hydrogens (primary N) is 2. The lowest BCUT2D eigenvalue weighted by Gasteiger charge is -2.19. The largest absolute Gasteiger partial charge is 0.465 e. The summed E-state index contributed by atoms with van der Waals surface area (Å²) in [7, 11) is 0. The molecule has 2 aromatic heterocycles. The lowest BCUT2D eigenvalue weighted by molar-refractivity contribution is -0.149. The Hall–Kier alpha value is -2.95. The van der Waals surface area contributed by atoms with Gasteiger partial charge in [0, 0.05) is 18.9 Å². The zero-order valence-electron chi connectivity index (χ0n) is 28.9. The molecule has 0 unspecified atom stereocenters. The number of nitrogens with zero attached hydrogens (tertiary/aromatic N) is 3. The zero-order valence-corrected chi connectivity index (χ0v) is 28.9. The second-order valence-corrected chi connectivity index (χ2v) is 13.2. The fourth-order valence-corrected chi connectivity index (χ4v) is 5.58. The summed E-state index contributed by atoms with van der Waals surface area (Å²) >= 11 is 0. The van der Waals surface area contributed by atoms with Crippen LogP contribution < -0.4 is 17.0 Å². The van der Waals surface area contributed by atoms with Crippen LogP contribution in [0.25, 0.3) is 11.2 Å². The number of ether oxygens (including phenoxy) is 2. The van der Waals surface area contributed by atoms with Crippen LogP contribution in [0.4, 0.5) is 5.95 Å². The van der Waals surface area contributed by atoms with E-state index in [9.17, 15) is 14.4 Å². The Kier molecular flexibility index (Phi) is 19.9. The second-order valence-electron chi connectivity index (χ2n) is 13.2. The molecule has 0 aromatic carbocycles. The van der Waals surface area contributed by atoms with Crippen molar-refractivity contribution >= 4 is 29.1 Å². The minimum atomic E-state index is -0.697. The Balaban J connectivity index is 1.63. The molecule has 0 aliphatic heterocycles. The lowest BCUT2D eigenvalue weighted by Crippen LogP contribution is -2.37. The molecule has 0 saturated heterocycles. The molecule has 0 saturated carbocycles. The maximum Gasteiger partial charge on any atom is 0.323 e. The summed E-state index contributed by atoms with van der Waals surface area (Å²) < 4.78 is 12.7. The number of unbranched alkanes of at least 4 members (excludes halogenated alkanes) is 16. The summed E-state index contributed by atoms with van der Waals surface area (Å²) in [5, 5.41) is 0. The molecule has 5 N–H and O–H groups in total. The fourth-order valence-electron chi connectivity index (χ4n) is 5.58. The highest BCUT2D eigenvalue weighted by Gasteiger charge is 2.21. The molecule has 2 rings (SSSR count). The van der Waals surface area contributed by atoms with Gasteiger partial charge in [-0.15, -0.1) is 0 Å². The maximum atomic E-state index is 12.5. The first kappa shape index (κ1) is 39.2. The molecule has 262 valence electrons. The molecule has 2 aromatic rings. The van der Waals surface area contributed by atoms with Crippen LogP contribution in [-0.2, 0) is 25.6 Å². The van der Waals surface area contributed by atoms with Crippen LogP contribution in [0.1, 0.15) is 143 Å². The van der Waals surface area contributed by atoms with Gasteiger partial charge < -0.3 is 25.5 Å². The zero-order chi connectivity index (χ0) is 33.6. The predicted octanol–water partition coefficient (Wildman–Crippen LogP) is 6.82. The van der Waals surface area contributed by atoms with Crippen LogP contribution >= 0.6 is 0 Å². The average Bonchev–Trinajstić information content (AvgIpc) is 3.43. The standard InChI is InChI=1S/C35H62N6O5/c1-4-5-6-7-8-9-10-11-12-13-14-15-16-17-18-19-20-21-29(42)46-25-28(22-23-45-34(44)30(36)27(2)3)24-41-26-38-31-32(41)39-35(37)40-33(31)43/h26-28,30H,4-25,36H2,1-3H3,(H3,37,39,40,43)/t28-,30+/m1/s1. The highest BCUT2D eigenvalue weighted by Crippen LogP contribution is 2.17. The first-order valence-electron chi connectivity index (χ1n) is 18.0. The Morgan fingerprint density at radius 3 is 1.96 bits per heavy atom. The monoisotopic (exact) mass is 646 g/mol. The predicted molar refractivity (Wildman–Crippen MR) is 184 cm³/mol. The van der Waals surface area contributed by atoms with Gasteiger partial charge >= 0.3 is 11.9 Å². The Bertz CT molecular complexity index is 1180. The Labute approximate surface area is 276 Å². The SMILES string of the molecule is CCCCCCCCCCCCCCCCCCCC(=O)OC[C@H](CCOC(=O)[C@@H](N)C(C)C)Cn1cnc2c(=O)[nH]c(N)nc21. The van der Waals surface area contributed by atoms with Gasteiger partial charge in [-0.2, -0.15) is 4.98 Å². The number of rotatable bonds is 27. The lowest BCUT2D eigenvalue weighted by atomic mass is 10.0. The number of nitrogen functional groups attached to an aromatic ring is 1. The minimum Gasteiger partial charge on any atom is -0.465 e. The first-order chi connectivity index (χ1) is 22.2. The van der Waals surface area contributed by atoms with E-state index in [0.717, 1.165) is 19.3 Å². The van der Waals surface area contributed by atoms with E-state index in [1.165, 1.54) is 96.2 Å². The summed E-state index contributed by atoms with van der Waals surface area (Å²) in [6.07, 6.45) is 24.3. The van der Waals surface area contributed by atoms with Crippen molar-refractivity contribution in [3.63, 3.8) is 0 Å². The van der Waals surface area contributed by atoms with E-state index >= 15 is 0 Å². The van der Waals surface area contributed by atoms with E-state index in [2.05, 4.69) is 21.9 Å². The summed E-state index contributed by atoms with van der Waals surface area (Å²) in [6.45, 7) is 6.61. The number of H-pyrrole nitrogens is 1. The molecule has 11 heteroatoms. The quantitative estimate of drug-likeness (QED) is 0.0696. The van der Waals surface area contributed by atoms with Crippen molar-refractivity contribution in [1.29, 1.82) is 0 Å². The van der Waals surface area contributed by atoms with Gasteiger partial charge in [0.15, 0.2) is 11.2 Å². The molecule has 0 amide bonds. The molecule has 0 fully saturated rings. The molecule has 2 heterocycles. The van der Waals surface area contributed by atoms with Crippen LogP contribution in [0.2, 0.25) is 0 Å². The number of carbonyl (C=O) groups is 2. The van der Waals surface area contributed by atoms with E-state index in [1.54, 1.807) is 4.57 Å². The molecular weight excluding hydrogens is 584 g/mol. The number of nitrogens with one attached hydrogen (secondary N) is 1. The van der Waals surface area contributed by atoms with Crippen molar-refractivity contribution in [1.82, 2.24) is 19.5 Å². The Morgan fingerprint density at radius 1 is 0.870 bits per heavy atom. The van der Waals surface area contributed by atoms with Gasteiger partial charge in [-0.25, -0.2) is 4.98 Å². The van der Waals surface area contributed by atoms with Crippen LogP contribution in [0, 0.1) is 11.8 Å². The van der Waals surface area contributed by atoms with Crippen molar-refractivity contribution in [2.45, 2.75) is 155 Å². The third-order valence-electron chi connectivity index (χ3n) is 8.67. The highest BCUT2D eigenvalue weighted by molar-refractivity contribution is 5.75. The molecule has 0 bridgehead atoms.